The van der Waals surface area contributed by atoms with Crippen LogP contribution >= 0.6 is 0 Å². The summed E-state index contributed by atoms with van der Waals surface area (Å²) in [5.74, 6) is 0. The summed E-state index contributed by atoms with van der Waals surface area (Å²) in [4.78, 5) is 0.314. The minimum atomic E-state index is -3.63. The summed E-state index contributed by atoms with van der Waals surface area (Å²) in [6.45, 7) is 4.16. The molecule has 0 bridgehead atoms. The number of benzene rings is 3. The van der Waals surface area contributed by atoms with Crippen LogP contribution in [0.5, 0.6) is 0 Å². The summed E-state index contributed by atoms with van der Waals surface area (Å²) in [6.07, 6.45) is 4.68. The standard InChI is InChI=1S/C27H28N2O2S/c1-19-8-13-24(14-9-19)32(30,31)29-17-16-25-26-18-23(12-10-22(26)11-15-27(25)29)28-20(2)21-6-4-3-5-7-21/h3-9,11,13-17,20,23,28H,10,12,18H2,1-2H3/t20-,23+/m1/s1. The van der Waals surface area contributed by atoms with Gasteiger partial charge in [-0.05, 0) is 74.1 Å². The Hall–Kier alpha value is -2.89. The van der Waals surface area contributed by atoms with Crippen molar-refractivity contribution < 1.29 is 8.42 Å². The van der Waals surface area contributed by atoms with Crippen LogP contribution in [-0.2, 0) is 22.9 Å². The highest BCUT2D eigenvalue weighted by Gasteiger charge is 2.25. The second-order valence-electron chi connectivity index (χ2n) is 8.80. The average Bonchev–Trinajstić information content (AvgIpc) is 3.25. The zero-order chi connectivity index (χ0) is 22.3. The first-order chi connectivity index (χ1) is 15.4. The van der Waals surface area contributed by atoms with E-state index in [0.29, 0.717) is 10.9 Å². The zero-order valence-corrected chi connectivity index (χ0v) is 19.3. The number of hydrogen-bond donors (Lipinski definition) is 1. The number of fused-ring (bicyclic) bond motifs is 3. The van der Waals surface area contributed by atoms with Crippen molar-refractivity contribution in [1.82, 2.24) is 9.29 Å². The Bertz CT molecular complexity index is 1360. The molecule has 1 aliphatic rings. The fourth-order valence-electron chi connectivity index (χ4n) is 4.82. The smallest absolute Gasteiger partial charge is 0.268 e. The molecule has 0 radical (unpaired) electrons. The van der Waals surface area contributed by atoms with Crippen LogP contribution in [0.3, 0.4) is 0 Å². The van der Waals surface area contributed by atoms with Gasteiger partial charge in [0.1, 0.15) is 0 Å². The highest BCUT2D eigenvalue weighted by atomic mass is 32.2. The monoisotopic (exact) mass is 444 g/mol. The van der Waals surface area contributed by atoms with Crippen molar-refractivity contribution in [3.05, 3.63) is 101 Å². The lowest BCUT2D eigenvalue weighted by Crippen LogP contribution is -2.36. The Morgan fingerprint density at radius 2 is 1.72 bits per heavy atom. The molecule has 4 nitrogen and oxygen atoms in total. The van der Waals surface area contributed by atoms with Crippen molar-refractivity contribution in [2.75, 3.05) is 0 Å². The Morgan fingerprint density at radius 3 is 2.47 bits per heavy atom. The predicted molar refractivity (Wildman–Crippen MR) is 130 cm³/mol. The molecular formula is C27H28N2O2S. The van der Waals surface area contributed by atoms with E-state index >= 15 is 0 Å². The van der Waals surface area contributed by atoms with Gasteiger partial charge in [0, 0.05) is 23.7 Å². The molecule has 4 aromatic rings. The minimum absolute atomic E-state index is 0.272. The molecule has 0 unspecified atom stereocenters. The van der Waals surface area contributed by atoms with Gasteiger partial charge in [-0.15, -0.1) is 0 Å². The zero-order valence-electron chi connectivity index (χ0n) is 18.5. The second-order valence-corrected chi connectivity index (χ2v) is 10.6. The average molecular weight is 445 g/mol. The number of nitrogens with zero attached hydrogens (tertiary/aromatic N) is 1. The van der Waals surface area contributed by atoms with Gasteiger partial charge in [0.2, 0.25) is 0 Å². The van der Waals surface area contributed by atoms with Crippen LogP contribution in [0.4, 0.5) is 0 Å². The van der Waals surface area contributed by atoms with E-state index in [1.54, 1.807) is 18.3 Å². The summed E-state index contributed by atoms with van der Waals surface area (Å²) in [5.41, 5.74) is 5.67. The maximum atomic E-state index is 13.3. The van der Waals surface area contributed by atoms with E-state index in [9.17, 15) is 8.42 Å². The first-order valence-electron chi connectivity index (χ1n) is 11.2. The van der Waals surface area contributed by atoms with Gasteiger partial charge >= 0.3 is 0 Å². The summed E-state index contributed by atoms with van der Waals surface area (Å²) in [5, 5.41) is 4.82. The maximum Gasteiger partial charge on any atom is 0.268 e. The van der Waals surface area contributed by atoms with Crippen LogP contribution < -0.4 is 5.32 Å². The molecular weight excluding hydrogens is 416 g/mol. The molecule has 1 aliphatic carbocycles. The van der Waals surface area contributed by atoms with E-state index in [-0.39, 0.29) is 6.04 Å². The highest BCUT2D eigenvalue weighted by Crippen LogP contribution is 2.32. The van der Waals surface area contributed by atoms with E-state index < -0.39 is 10.0 Å². The Morgan fingerprint density at radius 1 is 0.969 bits per heavy atom. The lowest BCUT2D eigenvalue weighted by molar-refractivity contribution is 0.415. The fraction of sp³-hybridized carbons (Fsp3) is 0.259. The van der Waals surface area contributed by atoms with Gasteiger partial charge in [-0.2, -0.15) is 0 Å². The van der Waals surface area contributed by atoms with Crippen molar-refractivity contribution in [2.45, 2.75) is 50.1 Å². The molecule has 164 valence electrons. The Labute approximate surface area is 190 Å². The lowest BCUT2D eigenvalue weighted by Gasteiger charge is -2.29. The predicted octanol–water partition coefficient (Wildman–Crippen LogP) is 5.39. The SMILES string of the molecule is Cc1ccc(S(=O)(=O)n2ccc3c4c(ccc32)CC[C@H](N[C@H](C)c2ccccc2)C4)cc1. The van der Waals surface area contributed by atoms with Crippen LogP contribution in [0.1, 0.15) is 41.6 Å². The molecule has 0 saturated heterocycles. The van der Waals surface area contributed by atoms with Gasteiger partial charge in [-0.1, -0.05) is 54.1 Å². The van der Waals surface area contributed by atoms with Crippen molar-refractivity contribution in [1.29, 1.82) is 0 Å². The van der Waals surface area contributed by atoms with Gasteiger partial charge in [0.15, 0.2) is 0 Å². The molecule has 0 amide bonds. The second kappa shape index (κ2) is 8.23. The molecule has 32 heavy (non-hydrogen) atoms. The van der Waals surface area contributed by atoms with Crippen LogP contribution in [0, 0.1) is 6.92 Å². The third kappa shape index (κ3) is 3.76. The number of aryl methyl sites for hydroxylation is 2. The van der Waals surface area contributed by atoms with Gasteiger partial charge < -0.3 is 5.32 Å². The van der Waals surface area contributed by atoms with E-state index in [4.69, 9.17) is 0 Å². The Kier molecular flexibility index (Phi) is 5.39. The van der Waals surface area contributed by atoms with Gasteiger partial charge in [-0.3, -0.25) is 0 Å². The summed E-state index contributed by atoms with van der Waals surface area (Å²) >= 11 is 0. The van der Waals surface area contributed by atoms with E-state index in [0.717, 1.165) is 35.7 Å². The molecule has 1 heterocycles. The number of rotatable bonds is 5. The summed E-state index contributed by atoms with van der Waals surface area (Å²) < 4.78 is 28.0. The van der Waals surface area contributed by atoms with Crippen molar-refractivity contribution >= 4 is 20.9 Å². The van der Waals surface area contributed by atoms with Crippen LogP contribution in [0.25, 0.3) is 10.9 Å². The molecule has 0 aliphatic heterocycles. The van der Waals surface area contributed by atoms with Gasteiger partial charge in [0.05, 0.1) is 10.4 Å². The largest absolute Gasteiger partial charge is 0.307 e. The van der Waals surface area contributed by atoms with Gasteiger partial charge in [0.25, 0.3) is 10.0 Å². The summed E-state index contributed by atoms with van der Waals surface area (Å²) in [7, 11) is -3.63. The fourth-order valence-corrected chi connectivity index (χ4v) is 6.17. The van der Waals surface area contributed by atoms with Crippen molar-refractivity contribution in [3.8, 4) is 0 Å². The third-order valence-electron chi connectivity index (χ3n) is 6.62. The highest BCUT2D eigenvalue weighted by molar-refractivity contribution is 7.90. The molecule has 0 spiro atoms. The van der Waals surface area contributed by atoms with E-state index in [1.807, 2.05) is 37.3 Å². The van der Waals surface area contributed by atoms with Crippen LogP contribution in [0.15, 0.2) is 83.9 Å². The third-order valence-corrected chi connectivity index (χ3v) is 8.33. The van der Waals surface area contributed by atoms with Crippen molar-refractivity contribution in [3.63, 3.8) is 0 Å². The molecule has 5 rings (SSSR count). The first-order valence-corrected chi connectivity index (χ1v) is 12.6. The number of nitrogens with one attached hydrogen (secondary N) is 1. The normalized spacial score (nSPS) is 17.2. The molecule has 1 aromatic heterocycles. The topological polar surface area (TPSA) is 51.1 Å². The van der Waals surface area contributed by atoms with Crippen LogP contribution in [-0.4, -0.2) is 18.4 Å². The molecule has 5 heteroatoms. The Balaban J connectivity index is 1.46. The number of hydrogen-bond acceptors (Lipinski definition) is 3. The number of aromatic nitrogens is 1. The molecule has 0 saturated carbocycles. The molecule has 2 atom stereocenters. The minimum Gasteiger partial charge on any atom is -0.307 e. The summed E-state index contributed by atoms with van der Waals surface area (Å²) in [6, 6.07) is 24.2. The first kappa shape index (κ1) is 21.0. The van der Waals surface area contributed by atoms with E-state index in [1.165, 1.54) is 20.7 Å². The van der Waals surface area contributed by atoms with E-state index in [2.05, 4.69) is 42.6 Å². The van der Waals surface area contributed by atoms with Crippen LogP contribution in [0.2, 0.25) is 0 Å². The molecule has 1 N–H and O–H groups in total. The maximum absolute atomic E-state index is 13.3. The van der Waals surface area contributed by atoms with Gasteiger partial charge in [-0.25, -0.2) is 12.4 Å². The van der Waals surface area contributed by atoms with Crippen molar-refractivity contribution in [2.24, 2.45) is 0 Å². The molecule has 0 fully saturated rings. The quantitative estimate of drug-likeness (QED) is 0.449. The lowest BCUT2D eigenvalue weighted by atomic mass is 9.86. The molecule has 3 aromatic carbocycles.